The minimum Gasteiger partial charge on any atom is -0.326 e. The van der Waals surface area contributed by atoms with Crippen LogP contribution < -0.4 is 10.6 Å². The average Bonchev–Trinajstić information content (AvgIpc) is 3.01. The van der Waals surface area contributed by atoms with Gasteiger partial charge in [-0.05, 0) is 36.4 Å². The second-order valence-corrected chi connectivity index (χ2v) is 7.51. The summed E-state index contributed by atoms with van der Waals surface area (Å²) in [5.41, 5.74) is 1.28. The molecule has 25 heavy (non-hydrogen) atoms. The fraction of sp³-hybridized carbons (Fsp3) is 0.278. The highest BCUT2D eigenvalue weighted by molar-refractivity contribution is 7.18. The van der Waals surface area contributed by atoms with Crippen LogP contribution >= 0.6 is 22.9 Å². The van der Waals surface area contributed by atoms with Crippen molar-refractivity contribution in [2.45, 2.75) is 26.7 Å². The number of ketones is 1. The lowest BCUT2D eigenvalue weighted by Gasteiger charge is -2.09. The highest BCUT2D eigenvalue weighted by atomic mass is 35.5. The summed E-state index contributed by atoms with van der Waals surface area (Å²) < 4.78 is 0.553. The molecule has 0 aliphatic carbocycles. The highest BCUT2D eigenvalue weighted by Gasteiger charge is 2.12. The molecule has 2 aromatic rings. The van der Waals surface area contributed by atoms with Gasteiger partial charge in [-0.2, -0.15) is 0 Å². The molecule has 0 fully saturated rings. The summed E-state index contributed by atoms with van der Waals surface area (Å²) >= 11 is 7.01. The largest absolute Gasteiger partial charge is 0.326 e. The van der Waals surface area contributed by atoms with Gasteiger partial charge in [-0.15, -0.1) is 11.3 Å². The van der Waals surface area contributed by atoms with E-state index in [2.05, 4.69) is 10.6 Å². The van der Waals surface area contributed by atoms with Crippen LogP contribution in [-0.4, -0.2) is 17.6 Å². The number of hydrogen-bond donors (Lipinski definition) is 2. The molecule has 0 bridgehead atoms. The molecular weight excluding hydrogens is 360 g/mol. The summed E-state index contributed by atoms with van der Waals surface area (Å²) in [6.07, 6.45) is 0.228. The number of anilines is 2. The number of amides is 2. The molecule has 0 saturated heterocycles. The van der Waals surface area contributed by atoms with Crippen LogP contribution in [0.25, 0.3) is 0 Å². The van der Waals surface area contributed by atoms with E-state index in [0.717, 1.165) is 0 Å². The van der Waals surface area contributed by atoms with E-state index in [1.807, 2.05) is 13.8 Å². The number of rotatable bonds is 7. The fourth-order valence-corrected chi connectivity index (χ4v) is 2.97. The predicted octanol–water partition coefficient (Wildman–Crippen LogP) is 4.60. The van der Waals surface area contributed by atoms with Crippen molar-refractivity contribution in [3.8, 4) is 0 Å². The molecule has 2 N–H and O–H groups in total. The monoisotopic (exact) mass is 378 g/mol. The third-order valence-corrected chi connectivity index (χ3v) is 4.66. The first-order valence-electron chi connectivity index (χ1n) is 7.84. The number of benzene rings is 1. The SMILES string of the molecule is CC(C)C(=O)Nc1ccc(NC(=O)CCC(=O)c2ccc(Cl)s2)cc1. The standard InChI is InChI=1S/C18H19ClN2O3S/c1-11(2)18(24)21-13-5-3-12(4-6-13)20-17(23)10-7-14(22)15-8-9-16(19)25-15/h3-6,8-9,11H,7,10H2,1-2H3,(H,20,23)(H,21,24). The van der Waals surface area contributed by atoms with Gasteiger partial charge in [0, 0.05) is 30.1 Å². The molecule has 0 spiro atoms. The number of halogens is 1. The number of hydrogen-bond acceptors (Lipinski definition) is 4. The van der Waals surface area contributed by atoms with Crippen molar-refractivity contribution in [3.05, 3.63) is 45.6 Å². The Morgan fingerprint density at radius 3 is 2.08 bits per heavy atom. The number of thiophene rings is 1. The summed E-state index contributed by atoms with van der Waals surface area (Å²) in [7, 11) is 0. The Morgan fingerprint density at radius 2 is 1.56 bits per heavy atom. The van der Waals surface area contributed by atoms with E-state index in [9.17, 15) is 14.4 Å². The van der Waals surface area contributed by atoms with Crippen molar-refractivity contribution in [2.75, 3.05) is 10.6 Å². The van der Waals surface area contributed by atoms with Gasteiger partial charge in [0.25, 0.3) is 0 Å². The lowest BCUT2D eigenvalue weighted by molar-refractivity contribution is -0.119. The van der Waals surface area contributed by atoms with E-state index in [1.165, 1.54) is 11.3 Å². The molecule has 7 heteroatoms. The first-order chi connectivity index (χ1) is 11.8. The van der Waals surface area contributed by atoms with Crippen LogP contribution in [-0.2, 0) is 9.59 Å². The predicted molar refractivity (Wildman–Crippen MR) is 101 cm³/mol. The third-order valence-electron chi connectivity index (χ3n) is 3.39. The van der Waals surface area contributed by atoms with Gasteiger partial charge in [0.15, 0.2) is 5.78 Å². The van der Waals surface area contributed by atoms with Crippen molar-refractivity contribution in [2.24, 2.45) is 5.92 Å². The maximum Gasteiger partial charge on any atom is 0.226 e. The van der Waals surface area contributed by atoms with Crippen LogP contribution in [0.4, 0.5) is 11.4 Å². The van der Waals surface area contributed by atoms with Crippen LogP contribution in [0.2, 0.25) is 4.34 Å². The van der Waals surface area contributed by atoms with Gasteiger partial charge < -0.3 is 10.6 Å². The second kappa shape index (κ2) is 8.78. The van der Waals surface area contributed by atoms with E-state index < -0.39 is 0 Å². The lowest BCUT2D eigenvalue weighted by Crippen LogP contribution is -2.17. The zero-order valence-corrected chi connectivity index (χ0v) is 15.5. The van der Waals surface area contributed by atoms with E-state index in [-0.39, 0.29) is 36.4 Å². The van der Waals surface area contributed by atoms with Crippen LogP contribution in [0.1, 0.15) is 36.4 Å². The van der Waals surface area contributed by atoms with Gasteiger partial charge >= 0.3 is 0 Å². The molecule has 5 nitrogen and oxygen atoms in total. The van der Waals surface area contributed by atoms with Crippen molar-refractivity contribution in [1.82, 2.24) is 0 Å². The van der Waals surface area contributed by atoms with E-state index in [4.69, 9.17) is 11.6 Å². The third kappa shape index (κ3) is 5.99. The smallest absolute Gasteiger partial charge is 0.226 e. The number of carbonyl (C=O) groups excluding carboxylic acids is 3. The highest BCUT2D eigenvalue weighted by Crippen LogP contribution is 2.23. The first kappa shape index (κ1) is 19.1. The summed E-state index contributed by atoms with van der Waals surface area (Å²) in [5, 5.41) is 5.51. The summed E-state index contributed by atoms with van der Waals surface area (Å²) in [6, 6.07) is 10.2. The number of Topliss-reactive ketones (excluding diaryl/α,β-unsaturated/α-hetero) is 1. The molecule has 1 heterocycles. The van der Waals surface area contributed by atoms with Crippen molar-refractivity contribution in [3.63, 3.8) is 0 Å². The van der Waals surface area contributed by atoms with Gasteiger partial charge in [0.05, 0.1) is 9.21 Å². The topological polar surface area (TPSA) is 75.3 Å². The minimum absolute atomic E-state index is 0.0658. The quantitative estimate of drug-likeness (QED) is 0.691. The molecule has 132 valence electrons. The maximum atomic E-state index is 11.9. The molecule has 0 atom stereocenters. The molecule has 0 radical (unpaired) electrons. The van der Waals surface area contributed by atoms with Gasteiger partial charge in [-0.25, -0.2) is 0 Å². The summed E-state index contributed by atoms with van der Waals surface area (Å²) in [6.45, 7) is 3.63. The lowest BCUT2D eigenvalue weighted by atomic mass is 10.2. The summed E-state index contributed by atoms with van der Waals surface area (Å²) in [5.74, 6) is -0.507. The zero-order valence-electron chi connectivity index (χ0n) is 14.0. The van der Waals surface area contributed by atoms with Gasteiger partial charge in [-0.3, -0.25) is 14.4 Å². The number of carbonyl (C=O) groups is 3. The number of nitrogens with one attached hydrogen (secondary N) is 2. The van der Waals surface area contributed by atoms with Crippen molar-refractivity contribution < 1.29 is 14.4 Å². The van der Waals surface area contributed by atoms with E-state index in [0.29, 0.717) is 20.6 Å². The van der Waals surface area contributed by atoms with Crippen LogP contribution in [0.3, 0.4) is 0 Å². The molecule has 1 aromatic carbocycles. The molecule has 1 aromatic heterocycles. The molecule has 0 aliphatic rings. The Labute approximate surface area is 155 Å². The van der Waals surface area contributed by atoms with Crippen molar-refractivity contribution in [1.29, 1.82) is 0 Å². The molecule has 0 unspecified atom stereocenters. The molecular formula is C18H19ClN2O3S. The minimum atomic E-state index is -0.241. The molecule has 2 rings (SSSR count). The molecule has 0 aliphatic heterocycles. The maximum absolute atomic E-state index is 11.9. The normalized spacial score (nSPS) is 10.6. The zero-order chi connectivity index (χ0) is 18.4. The Balaban J connectivity index is 1.82. The van der Waals surface area contributed by atoms with Gasteiger partial charge in [-0.1, -0.05) is 25.4 Å². The van der Waals surface area contributed by atoms with Gasteiger partial charge in [0.2, 0.25) is 11.8 Å². The Kier molecular flexibility index (Phi) is 6.73. The Bertz CT molecular complexity index is 769. The second-order valence-electron chi connectivity index (χ2n) is 5.80. The van der Waals surface area contributed by atoms with Gasteiger partial charge in [0.1, 0.15) is 0 Å². The molecule has 2 amide bonds. The van der Waals surface area contributed by atoms with Crippen LogP contribution in [0, 0.1) is 5.92 Å². The van der Waals surface area contributed by atoms with E-state index >= 15 is 0 Å². The Hall–Kier alpha value is -2.18. The first-order valence-corrected chi connectivity index (χ1v) is 9.04. The van der Waals surface area contributed by atoms with E-state index in [1.54, 1.807) is 36.4 Å². The summed E-state index contributed by atoms with van der Waals surface area (Å²) in [4.78, 5) is 36.1. The van der Waals surface area contributed by atoms with Crippen LogP contribution in [0.15, 0.2) is 36.4 Å². The molecule has 0 saturated carbocycles. The average molecular weight is 379 g/mol. The Morgan fingerprint density at radius 1 is 0.960 bits per heavy atom. The van der Waals surface area contributed by atoms with Crippen molar-refractivity contribution >= 4 is 51.9 Å². The van der Waals surface area contributed by atoms with Crippen LogP contribution in [0.5, 0.6) is 0 Å². The fourth-order valence-electron chi connectivity index (χ4n) is 1.96.